The molecular weight excluding hydrogens is 380 g/mol. The Kier molecular flexibility index (Phi) is 5.53. The van der Waals surface area contributed by atoms with Crippen molar-refractivity contribution in [2.45, 2.75) is 45.8 Å². The topological polar surface area (TPSA) is 77.3 Å². The lowest BCUT2D eigenvalue weighted by Crippen LogP contribution is -2.38. The summed E-state index contributed by atoms with van der Waals surface area (Å²) in [4.78, 5) is 32.2. The van der Waals surface area contributed by atoms with Gasteiger partial charge < -0.3 is 9.64 Å². The van der Waals surface area contributed by atoms with Gasteiger partial charge in [-0.05, 0) is 39.7 Å². The van der Waals surface area contributed by atoms with Crippen LogP contribution in [0.1, 0.15) is 50.0 Å². The minimum absolute atomic E-state index is 0.0839. The van der Waals surface area contributed by atoms with Crippen molar-refractivity contribution in [3.63, 3.8) is 0 Å². The number of rotatable bonds is 5. The van der Waals surface area contributed by atoms with Gasteiger partial charge in [-0.3, -0.25) is 4.79 Å². The van der Waals surface area contributed by atoms with E-state index in [-0.39, 0.29) is 11.9 Å². The van der Waals surface area contributed by atoms with Crippen LogP contribution in [0.4, 0.5) is 0 Å². The molecule has 1 aliphatic heterocycles. The molecule has 1 saturated heterocycles. The number of fused-ring (bicyclic) bond motifs is 1. The van der Waals surface area contributed by atoms with E-state index in [1.165, 1.54) is 0 Å². The minimum atomic E-state index is -0.834. The first kappa shape index (κ1) is 20.1. The van der Waals surface area contributed by atoms with E-state index >= 15 is 0 Å². The summed E-state index contributed by atoms with van der Waals surface area (Å²) in [5.74, 6) is -0.685. The number of pyridine rings is 1. The lowest BCUT2D eigenvalue weighted by molar-refractivity contribution is -0.138. The van der Waals surface area contributed by atoms with E-state index in [9.17, 15) is 9.59 Å². The van der Waals surface area contributed by atoms with E-state index in [1.807, 2.05) is 44.2 Å². The number of hydrogen-bond acceptors (Lipinski definition) is 5. The number of benzene rings is 1. The molecule has 7 nitrogen and oxygen atoms in total. The van der Waals surface area contributed by atoms with Crippen LogP contribution in [0.25, 0.3) is 22.3 Å². The number of esters is 1. The van der Waals surface area contributed by atoms with Gasteiger partial charge in [-0.25, -0.2) is 14.5 Å². The summed E-state index contributed by atoms with van der Waals surface area (Å²) in [6, 6.07) is 11.5. The fourth-order valence-electron chi connectivity index (χ4n) is 3.79. The van der Waals surface area contributed by atoms with Crippen molar-refractivity contribution in [3.05, 3.63) is 48.2 Å². The molecule has 0 N–H and O–H groups in total. The lowest BCUT2D eigenvalue weighted by atomic mass is 10.1. The highest BCUT2D eigenvalue weighted by Crippen LogP contribution is 2.27. The quantitative estimate of drug-likeness (QED) is 0.602. The standard InChI is InChI=1S/C23H26N4O3/c1-15(2)27-21-19(14-24-27)18(13-20(25-21)17-9-5-4-6-10-17)23(29)30-16(3)22(28)26-11-7-8-12-26/h4-6,9-10,13-16H,7-8,11-12H2,1-3H3/t16-/m0/s1. The highest BCUT2D eigenvalue weighted by Gasteiger charge is 2.28. The summed E-state index contributed by atoms with van der Waals surface area (Å²) in [7, 11) is 0. The Hall–Kier alpha value is -3.22. The maximum atomic E-state index is 13.1. The van der Waals surface area contributed by atoms with Gasteiger partial charge in [0.25, 0.3) is 5.91 Å². The number of carbonyl (C=O) groups is 2. The van der Waals surface area contributed by atoms with Crippen LogP contribution in [0, 0.1) is 0 Å². The van der Waals surface area contributed by atoms with Crippen LogP contribution in [-0.4, -0.2) is 50.7 Å². The molecule has 1 aromatic carbocycles. The van der Waals surface area contributed by atoms with Crippen LogP contribution in [0.15, 0.2) is 42.6 Å². The zero-order chi connectivity index (χ0) is 21.3. The van der Waals surface area contributed by atoms with Gasteiger partial charge in [-0.1, -0.05) is 30.3 Å². The zero-order valence-corrected chi connectivity index (χ0v) is 17.5. The van der Waals surface area contributed by atoms with Crippen LogP contribution in [0.3, 0.4) is 0 Å². The normalized spacial score (nSPS) is 15.0. The van der Waals surface area contributed by atoms with Crippen molar-refractivity contribution in [2.24, 2.45) is 0 Å². The fraction of sp³-hybridized carbons (Fsp3) is 0.391. The smallest absolute Gasteiger partial charge is 0.339 e. The summed E-state index contributed by atoms with van der Waals surface area (Å²) in [6.07, 6.45) is 2.79. The minimum Gasteiger partial charge on any atom is -0.449 e. The third kappa shape index (κ3) is 3.79. The Bertz CT molecular complexity index is 1070. The lowest BCUT2D eigenvalue weighted by Gasteiger charge is -2.20. The average molecular weight is 406 g/mol. The second kappa shape index (κ2) is 8.26. The summed E-state index contributed by atoms with van der Waals surface area (Å²) >= 11 is 0. The number of ether oxygens (including phenoxy) is 1. The highest BCUT2D eigenvalue weighted by atomic mass is 16.5. The molecule has 0 aliphatic carbocycles. The Balaban J connectivity index is 1.71. The molecule has 7 heteroatoms. The number of hydrogen-bond donors (Lipinski definition) is 0. The SMILES string of the molecule is CC(C)n1ncc2c(C(=O)O[C@@H](C)C(=O)N3CCCC3)cc(-c3ccccc3)nc21. The van der Waals surface area contributed by atoms with E-state index in [2.05, 4.69) is 5.10 Å². The molecule has 1 atom stereocenters. The Morgan fingerprint density at radius 1 is 1.07 bits per heavy atom. The van der Waals surface area contributed by atoms with Gasteiger partial charge in [0.1, 0.15) is 0 Å². The number of aromatic nitrogens is 3. The van der Waals surface area contributed by atoms with Gasteiger partial charge in [-0.15, -0.1) is 0 Å². The molecule has 3 aromatic rings. The summed E-state index contributed by atoms with van der Waals surface area (Å²) in [5.41, 5.74) is 2.55. The molecular formula is C23H26N4O3. The molecule has 0 radical (unpaired) electrons. The molecule has 30 heavy (non-hydrogen) atoms. The predicted molar refractivity (Wildman–Crippen MR) is 114 cm³/mol. The van der Waals surface area contributed by atoms with Crippen molar-refractivity contribution in [2.75, 3.05) is 13.1 Å². The van der Waals surface area contributed by atoms with Crippen LogP contribution in [0.5, 0.6) is 0 Å². The van der Waals surface area contributed by atoms with Gasteiger partial charge in [0.05, 0.1) is 22.8 Å². The van der Waals surface area contributed by atoms with Crippen LogP contribution >= 0.6 is 0 Å². The summed E-state index contributed by atoms with van der Waals surface area (Å²) < 4.78 is 7.37. The molecule has 1 aliphatic rings. The van der Waals surface area contributed by atoms with E-state index in [0.717, 1.165) is 31.5 Å². The van der Waals surface area contributed by atoms with Gasteiger partial charge in [0, 0.05) is 24.7 Å². The summed E-state index contributed by atoms with van der Waals surface area (Å²) in [5, 5.41) is 5.04. The van der Waals surface area contributed by atoms with E-state index < -0.39 is 12.1 Å². The Morgan fingerprint density at radius 3 is 2.43 bits per heavy atom. The maximum absolute atomic E-state index is 13.1. The van der Waals surface area contributed by atoms with Gasteiger partial charge >= 0.3 is 5.97 Å². The van der Waals surface area contributed by atoms with E-state index in [4.69, 9.17) is 9.72 Å². The molecule has 3 heterocycles. The molecule has 4 rings (SSSR count). The van der Waals surface area contributed by atoms with Gasteiger partial charge in [0.2, 0.25) is 0 Å². The van der Waals surface area contributed by atoms with Crippen molar-refractivity contribution in [1.82, 2.24) is 19.7 Å². The first-order valence-corrected chi connectivity index (χ1v) is 10.4. The second-order valence-corrected chi connectivity index (χ2v) is 7.92. The van der Waals surface area contributed by atoms with Crippen LogP contribution in [-0.2, 0) is 9.53 Å². The highest BCUT2D eigenvalue weighted by molar-refractivity contribution is 6.04. The Labute approximate surface area is 175 Å². The second-order valence-electron chi connectivity index (χ2n) is 7.92. The molecule has 0 bridgehead atoms. The third-order valence-electron chi connectivity index (χ3n) is 5.39. The molecule has 2 aromatic heterocycles. The number of nitrogens with zero attached hydrogens (tertiary/aromatic N) is 4. The predicted octanol–water partition coefficient (Wildman–Crippen LogP) is 3.85. The zero-order valence-electron chi connectivity index (χ0n) is 17.5. The van der Waals surface area contributed by atoms with Crippen LogP contribution in [0.2, 0.25) is 0 Å². The fourth-order valence-corrected chi connectivity index (χ4v) is 3.79. The van der Waals surface area contributed by atoms with E-state index in [1.54, 1.807) is 28.8 Å². The molecule has 1 amide bonds. The monoisotopic (exact) mass is 406 g/mol. The van der Waals surface area contributed by atoms with Crippen molar-refractivity contribution >= 4 is 22.9 Å². The first-order valence-electron chi connectivity index (χ1n) is 10.4. The van der Waals surface area contributed by atoms with Crippen molar-refractivity contribution < 1.29 is 14.3 Å². The molecule has 1 fully saturated rings. The number of amides is 1. The first-order chi connectivity index (χ1) is 14.5. The van der Waals surface area contributed by atoms with Crippen LogP contribution < -0.4 is 0 Å². The number of likely N-dealkylation sites (tertiary alicyclic amines) is 1. The van der Waals surface area contributed by atoms with Crippen molar-refractivity contribution in [1.29, 1.82) is 0 Å². The molecule has 0 unspecified atom stereocenters. The largest absolute Gasteiger partial charge is 0.449 e. The summed E-state index contributed by atoms with van der Waals surface area (Å²) in [6.45, 7) is 7.10. The third-order valence-corrected chi connectivity index (χ3v) is 5.39. The van der Waals surface area contributed by atoms with E-state index in [0.29, 0.717) is 22.3 Å². The van der Waals surface area contributed by atoms with Gasteiger partial charge in [0.15, 0.2) is 11.8 Å². The molecule has 0 saturated carbocycles. The maximum Gasteiger partial charge on any atom is 0.339 e. The average Bonchev–Trinajstić information content (AvgIpc) is 3.43. The van der Waals surface area contributed by atoms with Crippen molar-refractivity contribution in [3.8, 4) is 11.3 Å². The number of carbonyl (C=O) groups excluding carboxylic acids is 2. The Morgan fingerprint density at radius 2 is 1.77 bits per heavy atom. The molecule has 0 spiro atoms. The van der Waals surface area contributed by atoms with Gasteiger partial charge in [-0.2, -0.15) is 5.10 Å². The molecule has 156 valence electrons.